The third-order valence-corrected chi connectivity index (χ3v) is 11.9. The highest BCUT2D eigenvalue weighted by atomic mass is 14.2. The van der Waals surface area contributed by atoms with Crippen LogP contribution in [0.3, 0.4) is 0 Å². The highest BCUT2D eigenvalue weighted by Gasteiger charge is 2.19. The Bertz CT molecular complexity index is 3270. The predicted octanol–water partition coefficient (Wildman–Crippen LogP) is 16.3. The van der Waals surface area contributed by atoms with Crippen molar-refractivity contribution in [3.05, 3.63) is 231 Å². The molecule has 0 fully saturated rings. The lowest BCUT2D eigenvalue weighted by molar-refractivity contribution is 1.56. The van der Waals surface area contributed by atoms with Crippen LogP contribution in [0.25, 0.3) is 110 Å². The van der Waals surface area contributed by atoms with Gasteiger partial charge in [-0.3, -0.25) is 0 Å². The molecule has 0 bridgehead atoms. The monoisotopic (exact) mass is 734 g/mol. The molecule has 270 valence electrons. The van der Waals surface area contributed by atoms with Crippen LogP contribution in [0.1, 0.15) is 0 Å². The van der Waals surface area contributed by atoms with Gasteiger partial charge < -0.3 is 0 Å². The van der Waals surface area contributed by atoms with Crippen molar-refractivity contribution in [2.24, 2.45) is 0 Å². The van der Waals surface area contributed by atoms with Crippen LogP contribution >= 0.6 is 0 Å². The molecule has 11 aromatic carbocycles. The highest BCUT2D eigenvalue weighted by Crippen LogP contribution is 2.46. The summed E-state index contributed by atoms with van der Waals surface area (Å²) in [4.78, 5) is 0. The Morgan fingerprint density at radius 3 is 1.05 bits per heavy atom. The fourth-order valence-electron chi connectivity index (χ4n) is 9.21. The molecule has 0 aliphatic carbocycles. The molecule has 0 aromatic heterocycles. The largest absolute Gasteiger partial charge is 0.0622 e. The second-order valence-corrected chi connectivity index (χ2v) is 15.2. The fraction of sp³-hybridized carbons (Fsp3) is 0. The van der Waals surface area contributed by atoms with Gasteiger partial charge in [0.25, 0.3) is 0 Å². The van der Waals surface area contributed by atoms with E-state index in [4.69, 9.17) is 0 Å². The molecule has 0 aliphatic rings. The van der Waals surface area contributed by atoms with Crippen molar-refractivity contribution < 1.29 is 0 Å². The van der Waals surface area contributed by atoms with Crippen LogP contribution in [-0.4, -0.2) is 0 Å². The van der Waals surface area contributed by atoms with E-state index >= 15 is 0 Å². The first kappa shape index (κ1) is 33.8. The van der Waals surface area contributed by atoms with Crippen molar-refractivity contribution in [1.82, 2.24) is 0 Å². The van der Waals surface area contributed by atoms with Crippen molar-refractivity contribution in [2.75, 3.05) is 0 Å². The predicted molar refractivity (Wildman–Crippen MR) is 249 cm³/mol. The Morgan fingerprint density at radius 2 is 0.534 bits per heavy atom. The third-order valence-electron chi connectivity index (χ3n) is 11.9. The standard InChI is InChI=1S/C58H38/c1-2-18-41(19-3-1)57-52-28-8-10-30-54(52)58(55-31-11-9-29-53(55)57)46-34-35-51(44-24-12-22-42(36-44)49-32-14-20-39-16-4-6-26-47(39)49)56(38-46)45-25-13-23-43(37-45)50-33-15-21-40-17-5-7-27-48(40)50/h1-38H. The quantitative estimate of drug-likeness (QED) is 0.149. The van der Waals surface area contributed by atoms with Crippen LogP contribution in [0.15, 0.2) is 231 Å². The Balaban J connectivity index is 1.16. The van der Waals surface area contributed by atoms with E-state index in [0.29, 0.717) is 0 Å². The maximum Gasteiger partial charge on any atom is -0.00261 e. The molecule has 0 spiro atoms. The molecule has 0 amide bonds. The van der Waals surface area contributed by atoms with Gasteiger partial charge in [0, 0.05) is 0 Å². The van der Waals surface area contributed by atoms with E-state index in [1.165, 1.54) is 110 Å². The molecule has 0 heterocycles. The zero-order valence-electron chi connectivity index (χ0n) is 31.9. The van der Waals surface area contributed by atoms with Crippen LogP contribution in [0.5, 0.6) is 0 Å². The summed E-state index contributed by atoms with van der Waals surface area (Å²) in [5.41, 5.74) is 14.7. The minimum atomic E-state index is 1.19. The first-order valence-electron chi connectivity index (χ1n) is 20.1. The molecule has 11 rings (SSSR count). The lowest BCUT2D eigenvalue weighted by atomic mass is 9.84. The van der Waals surface area contributed by atoms with Crippen LogP contribution in [0, 0.1) is 0 Å². The SMILES string of the molecule is c1ccc(-c2c3ccccc3c(-c3ccc(-c4cccc(-c5cccc6ccccc56)c4)c(-c4cccc(-c5cccc6ccccc56)c4)c3)c3ccccc23)cc1. The molecule has 0 N–H and O–H groups in total. The molecule has 0 atom stereocenters. The van der Waals surface area contributed by atoms with Crippen LogP contribution in [0.4, 0.5) is 0 Å². The summed E-state index contributed by atoms with van der Waals surface area (Å²) >= 11 is 0. The number of rotatable bonds is 6. The summed E-state index contributed by atoms with van der Waals surface area (Å²) in [6.07, 6.45) is 0. The summed E-state index contributed by atoms with van der Waals surface area (Å²) in [6, 6.07) is 84.6. The molecule has 0 radical (unpaired) electrons. The molecular weight excluding hydrogens is 697 g/mol. The van der Waals surface area contributed by atoms with Gasteiger partial charge in [0.1, 0.15) is 0 Å². The van der Waals surface area contributed by atoms with Gasteiger partial charge in [-0.25, -0.2) is 0 Å². The van der Waals surface area contributed by atoms with Gasteiger partial charge in [-0.1, -0.05) is 212 Å². The number of fused-ring (bicyclic) bond motifs is 4. The zero-order valence-corrected chi connectivity index (χ0v) is 31.9. The normalized spacial score (nSPS) is 11.4. The van der Waals surface area contributed by atoms with E-state index in [1.54, 1.807) is 0 Å². The Labute approximate surface area is 339 Å². The average Bonchev–Trinajstić information content (AvgIpc) is 3.30. The summed E-state index contributed by atoms with van der Waals surface area (Å²) in [7, 11) is 0. The number of hydrogen-bond donors (Lipinski definition) is 0. The maximum absolute atomic E-state index is 2.44. The van der Waals surface area contributed by atoms with Crippen molar-refractivity contribution in [3.8, 4) is 66.8 Å². The average molecular weight is 735 g/mol. The third kappa shape index (κ3) is 5.78. The Morgan fingerprint density at radius 1 is 0.172 bits per heavy atom. The van der Waals surface area contributed by atoms with E-state index in [9.17, 15) is 0 Å². The summed E-state index contributed by atoms with van der Waals surface area (Å²) in [5.74, 6) is 0. The van der Waals surface area contributed by atoms with Crippen molar-refractivity contribution >= 4 is 43.1 Å². The molecule has 0 heteroatoms. The molecule has 0 aliphatic heterocycles. The molecule has 58 heavy (non-hydrogen) atoms. The van der Waals surface area contributed by atoms with Gasteiger partial charge in [0.05, 0.1) is 0 Å². The Kier molecular flexibility index (Phi) is 8.26. The van der Waals surface area contributed by atoms with Gasteiger partial charge in [-0.2, -0.15) is 0 Å². The first-order chi connectivity index (χ1) is 28.8. The van der Waals surface area contributed by atoms with E-state index in [-0.39, 0.29) is 0 Å². The van der Waals surface area contributed by atoms with Crippen LogP contribution in [0.2, 0.25) is 0 Å². The molecule has 0 unspecified atom stereocenters. The van der Waals surface area contributed by atoms with Crippen LogP contribution in [-0.2, 0) is 0 Å². The number of benzene rings is 11. The smallest absolute Gasteiger partial charge is 0.00261 e. The molecule has 0 saturated heterocycles. The lowest BCUT2D eigenvalue weighted by Gasteiger charge is -2.20. The lowest BCUT2D eigenvalue weighted by Crippen LogP contribution is -1.93. The molecule has 11 aromatic rings. The van der Waals surface area contributed by atoms with Crippen molar-refractivity contribution in [1.29, 1.82) is 0 Å². The van der Waals surface area contributed by atoms with Gasteiger partial charge in [0.2, 0.25) is 0 Å². The Hall–Kier alpha value is -7.54. The summed E-state index contributed by atoms with van der Waals surface area (Å²) in [6.45, 7) is 0. The van der Waals surface area contributed by atoms with E-state index < -0.39 is 0 Å². The van der Waals surface area contributed by atoms with E-state index in [2.05, 4.69) is 231 Å². The molecular formula is C58H38. The van der Waals surface area contributed by atoms with Gasteiger partial charge in [0.15, 0.2) is 0 Å². The second-order valence-electron chi connectivity index (χ2n) is 15.2. The van der Waals surface area contributed by atoms with Crippen molar-refractivity contribution in [2.45, 2.75) is 0 Å². The number of hydrogen-bond acceptors (Lipinski definition) is 0. The van der Waals surface area contributed by atoms with Gasteiger partial charge >= 0.3 is 0 Å². The van der Waals surface area contributed by atoms with E-state index in [0.717, 1.165) is 0 Å². The topological polar surface area (TPSA) is 0 Å². The highest BCUT2D eigenvalue weighted by molar-refractivity contribution is 6.21. The molecule has 0 nitrogen and oxygen atoms in total. The summed E-state index contributed by atoms with van der Waals surface area (Å²) < 4.78 is 0. The van der Waals surface area contributed by atoms with Crippen LogP contribution < -0.4 is 0 Å². The van der Waals surface area contributed by atoms with Gasteiger partial charge in [-0.15, -0.1) is 0 Å². The fourth-order valence-corrected chi connectivity index (χ4v) is 9.21. The maximum atomic E-state index is 2.44. The minimum Gasteiger partial charge on any atom is -0.0622 e. The van der Waals surface area contributed by atoms with Gasteiger partial charge in [-0.05, 0) is 128 Å². The minimum absolute atomic E-state index is 1.19. The second kappa shape index (κ2) is 14.2. The summed E-state index contributed by atoms with van der Waals surface area (Å²) in [5, 5.41) is 10.0. The zero-order chi connectivity index (χ0) is 38.4. The first-order valence-corrected chi connectivity index (χ1v) is 20.1. The van der Waals surface area contributed by atoms with Crippen molar-refractivity contribution in [3.63, 3.8) is 0 Å². The molecule has 0 saturated carbocycles. The van der Waals surface area contributed by atoms with E-state index in [1.807, 2.05) is 0 Å².